The van der Waals surface area contributed by atoms with Crippen molar-refractivity contribution < 1.29 is 14.8 Å². The number of aromatic nitrogens is 2. The lowest BCUT2D eigenvalue weighted by atomic mass is 9.99. The van der Waals surface area contributed by atoms with Crippen molar-refractivity contribution in [2.24, 2.45) is 5.92 Å². The summed E-state index contributed by atoms with van der Waals surface area (Å²) in [4.78, 5) is 33.7. The molecule has 1 aromatic rings. The summed E-state index contributed by atoms with van der Waals surface area (Å²) in [7, 11) is 3.79. The molecule has 9 nitrogen and oxygen atoms in total. The van der Waals surface area contributed by atoms with E-state index in [1.54, 1.807) is 0 Å². The molecule has 3 N–H and O–H groups in total. The summed E-state index contributed by atoms with van der Waals surface area (Å²) >= 11 is 0. The first-order valence-electron chi connectivity index (χ1n) is 8.51. The number of anilines is 2. The minimum atomic E-state index is -0.500. The zero-order valence-corrected chi connectivity index (χ0v) is 14.7. The second-order valence-corrected chi connectivity index (χ2v) is 6.43. The smallest absolute Gasteiger partial charge is 0.243 e. The minimum absolute atomic E-state index is 0.0408. The molecule has 0 radical (unpaired) electrons. The number of fused-ring (bicyclic) bond motifs is 2. The molecule has 0 aromatic carbocycles. The monoisotopic (exact) mass is 350 g/mol. The van der Waals surface area contributed by atoms with E-state index in [9.17, 15) is 14.8 Å². The standard InChI is InChI=1S/C16H26N6O3/c1-21(2)14-9-13-8-6-4-3-5-7-12(10-22(25)11-23)15(24)19-20-16(17-13)18-14/h9,11-12,25H,3-8,10H2,1-2H3,(H,19,24)(H,17,18,20)/t12-/m1/s1. The zero-order valence-electron chi connectivity index (χ0n) is 14.7. The molecule has 2 heterocycles. The molecule has 2 bridgehead atoms. The van der Waals surface area contributed by atoms with Crippen LogP contribution in [0, 0.1) is 5.92 Å². The van der Waals surface area contributed by atoms with Crippen molar-refractivity contribution in [3.8, 4) is 0 Å². The van der Waals surface area contributed by atoms with Crippen molar-refractivity contribution in [3.05, 3.63) is 11.8 Å². The molecule has 0 saturated carbocycles. The molecule has 2 amide bonds. The Labute approximate surface area is 147 Å². The fourth-order valence-corrected chi connectivity index (χ4v) is 2.74. The van der Waals surface area contributed by atoms with Crippen LogP contribution in [0.5, 0.6) is 0 Å². The first-order valence-corrected chi connectivity index (χ1v) is 8.51. The predicted octanol–water partition coefficient (Wildman–Crippen LogP) is 0.956. The number of nitrogens with zero attached hydrogens (tertiary/aromatic N) is 4. The van der Waals surface area contributed by atoms with Gasteiger partial charge < -0.3 is 4.90 Å². The van der Waals surface area contributed by atoms with E-state index in [2.05, 4.69) is 20.8 Å². The van der Waals surface area contributed by atoms with Crippen molar-refractivity contribution in [3.63, 3.8) is 0 Å². The quantitative estimate of drug-likeness (QED) is 0.421. The predicted molar refractivity (Wildman–Crippen MR) is 93.0 cm³/mol. The first-order chi connectivity index (χ1) is 12.0. The van der Waals surface area contributed by atoms with Gasteiger partial charge in [-0.15, -0.1) is 0 Å². The molecule has 25 heavy (non-hydrogen) atoms. The van der Waals surface area contributed by atoms with Crippen LogP contribution < -0.4 is 15.8 Å². The Morgan fingerprint density at radius 2 is 2.00 bits per heavy atom. The maximum Gasteiger partial charge on any atom is 0.243 e. The third-order valence-electron chi connectivity index (χ3n) is 4.16. The molecule has 0 aliphatic carbocycles. The van der Waals surface area contributed by atoms with E-state index in [-0.39, 0.29) is 12.5 Å². The van der Waals surface area contributed by atoms with Crippen LogP contribution in [0.2, 0.25) is 0 Å². The number of amides is 2. The van der Waals surface area contributed by atoms with Gasteiger partial charge in [0.05, 0.1) is 12.5 Å². The van der Waals surface area contributed by atoms with Gasteiger partial charge in [0.25, 0.3) is 0 Å². The number of hydrogen-bond acceptors (Lipinski definition) is 7. The lowest BCUT2D eigenvalue weighted by Crippen LogP contribution is -2.40. The van der Waals surface area contributed by atoms with Crippen LogP contribution in [0.3, 0.4) is 0 Å². The largest absolute Gasteiger partial charge is 0.363 e. The van der Waals surface area contributed by atoms with Crippen molar-refractivity contribution in [1.29, 1.82) is 0 Å². The SMILES string of the molecule is CN(C)c1cc2nc(n1)NNC(=O)[C@@H](CN(O)C=O)CCCCCC2. The van der Waals surface area contributed by atoms with E-state index < -0.39 is 5.92 Å². The summed E-state index contributed by atoms with van der Waals surface area (Å²) in [5, 5.41) is 9.91. The van der Waals surface area contributed by atoms with Crippen LogP contribution in [0.15, 0.2) is 6.07 Å². The van der Waals surface area contributed by atoms with Crippen LogP contribution in [-0.2, 0) is 16.0 Å². The fourth-order valence-electron chi connectivity index (χ4n) is 2.74. The first kappa shape index (κ1) is 18.9. The van der Waals surface area contributed by atoms with Gasteiger partial charge in [0.15, 0.2) is 0 Å². The molecular weight excluding hydrogens is 324 g/mol. The molecule has 0 unspecified atom stereocenters. The van der Waals surface area contributed by atoms with E-state index in [0.717, 1.165) is 43.6 Å². The van der Waals surface area contributed by atoms with Crippen LogP contribution in [0.25, 0.3) is 0 Å². The number of carbonyl (C=O) groups excluding carboxylic acids is 2. The van der Waals surface area contributed by atoms with Crippen molar-refractivity contribution in [2.75, 3.05) is 31.0 Å². The molecule has 138 valence electrons. The molecule has 1 aliphatic rings. The van der Waals surface area contributed by atoms with Gasteiger partial charge in [-0.3, -0.25) is 25.6 Å². The maximum atomic E-state index is 12.4. The zero-order chi connectivity index (χ0) is 18.2. The Hall–Kier alpha value is -2.42. The van der Waals surface area contributed by atoms with Crippen LogP contribution in [0.4, 0.5) is 11.8 Å². The van der Waals surface area contributed by atoms with Gasteiger partial charge in [0, 0.05) is 25.9 Å². The van der Waals surface area contributed by atoms with Crippen molar-refractivity contribution in [1.82, 2.24) is 20.5 Å². The number of carbonyl (C=O) groups is 2. The number of rotatable bonds is 4. The third-order valence-corrected chi connectivity index (χ3v) is 4.16. The number of hydrazine groups is 1. The van der Waals surface area contributed by atoms with Crippen LogP contribution in [0.1, 0.15) is 37.8 Å². The van der Waals surface area contributed by atoms with E-state index in [1.165, 1.54) is 0 Å². The summed E-state index contributed by atoms with van der Waals surface area (Å²) in [5.41, 5.74) is 6.27. The molecule has 0 spiro atoms. The van der Waals surface area contributed by atoms with E-state index >= 15 is 0 Å². The molecule has 9 heteroatoms. The van der Waals surface area contributed by atoms with Gasteiger partial charge >= 0.3 is 0 Å². The lowest BCUT2D eigenvalue weighted by Gasteiger charge is -2.20. The summed E-state index contributed by atoms with van der Waals surface area (Å²) in [6.45, 7) is -0.0408. The average Bonchev–Trinajstić information content (AvgIpc) is 2.61. The highest BCUT2D eigenvalue weighted by Crippen LogP contribution is 2.17. The van der Waals surface area contributed by atoms with E-state index in [4.69, 9.17) is 0 Å². The fraction of sp³-hybridized carbons (Fsp3) is 0.625. The lowest BCUT2D eigenvalue weighted by molar-refractivity contribution is -0.154. The highest BCUT2D eigenvalue weighted by atomic mass is 16.5. The van der Waals surface area contributed by atoms with Gasteiger partial charge in [0.2, 0.25) is 18.3 Å². The van der Waals surface area contributed by atoms with Gasteiger partial charge in [-0.1, -0.05) is 19.3 Å². The van der Waals surface area contributed by atoms with Crippen molar-refractivity contribution >= 4 is 24.1 Å². The summed E-state index contributed by atoms with van der Waals surface area (Å²) in [5.74, 6) is 0.278. The van der Waals surface area contributed by atoms with E-state index in [1.807, 2.05) is 25.1 Å². The summed E-state index contributed by atoms with van der Waals surface area (Å²) < 4.78 is 0. The minimum Gasteiger partial charge on any atom is -0.363 e. The molecule has 0 saturated heterocycles. The second-order valence-electron chi connectivity index (χ2n) is 6.43. The molecule has 2 rings (SSSR count). The molecular formula is C16H26N6O3. The van der Waals surface area contributed by atoms with E-state index in [0.29, 0.717) is 23.8 Å². The van der Waals surface area contributed by atoms with Gasteiger partial charge in [-0.25, -0.2) is 10.0 Å². The van der Waals surface area contributed by atoms with Crippen LogP contribution >= 0.6 is 0 Å². The van der Waals surface area contributed by atoms with Gasteiger partial charge in [-0.05, 0) is 19.3 Å². The Bertz CT molecular complexity index is 595. The molecule has 1 aromatic heterocycles. The summed E-state index contributed by atoms with van der Waals surface area (Å²) in [6.07, 6.45) is 5.65. The molecule has 0 fully saturated rings. The Morgan fingerprint density at radius 1 is 1.24 bits per heavy atom. The number of hydroxylamine groups is 2. The number of nitrogens with one attached hydrogen (secondary N) is 2. The highest BCUT2D eigenvalue weighted by Gasteiger charge is 2.21. The summed E-state index contributed by atoms with van der Waals surface area (Å²) in [6, 6.07) is 1.95. The average molecular weight is 350 g/mol. The van der Waals surface area contributed by atoms with Gasteiger partial charge in [0.1, 0.15) is 5.82 Å². The van der Waals surface area contributed by atoms with Gasteiger partial charge in [-0.2, -0.15) is 4.98 Å². The highest BCUT2D eigenvalue weighted by molar-refractivity contribution is 5.80. The number of hydrogen-bond donors (Lipinski definition) is 3. The Morgan fingerprint density at radius 3 is 2.72 bits per heavy atom. The molecule has 1 atom stereocenters. The Balaban J connectivity index is 2.16. The second kappa shape index (κ2) is 9.16. The topological polar surface area (TPSA) is 111 Å². The van der Waals surface area contributed by atoms with Crippen LogP contribution in [-0.4, -0.2) is 53.2 Å². The third kappa shape index (κ3) is 5.86. The van der Waals surface area contributed by atoms with Crippen molar-refractivity contribution in [2.45, 2.75) is 38.5 Å². The maximum absolute atomic E-state index is 12.4. The normalized spacial score (nSPS) is 18.7. The number of aryl methyl sites for hydroxylation is 1. The Kier molecular flexibility index (Phi) is 6.93. The molecule has 1 aliphatic heterocycles.